The highest BCUT2D eigenvalue weighted by Gasteiger charge is 2.58. The van der Waals surface area contributed by atoms with Gasteiger partial charge in [-0.25, -0.2) is 0 Å². The highest BCUT2D eigenvalue weighted by Crippen LogP contribution is 2.66. The number of ether oxygens (including phenoxy) is 2. The minimum Gasteiger partial charge on any atom is -0.454 e. The van der Waals surface area contributed by atoms with Gasteiger partial charge in [0.1, 0.15) is 0 Å². The molecule has 0 saturated heterocycles. The zero-order valence-electron chi connectivity index (χ0n) is 14.9. The van der Waals surface area contributed by atoms with Crippen molar-refractivity contribution < 1.29 is 9.47 Å². The van der Waals surface area contributed by atoms with E-state index in [1.54, 1.807) is 11.8 Å². The van der Waals surface area contributed by atoms with Gasteiger partial charge < -0.3 is 9.47 Å². The van der Waals surface area contributed by atoms with Crippen molar-refractivity contribution in [1.29, 1.82) is 0 Å². The molecule has 5 rings (SSSR count). The van der Waals surface area contributed by atoms with Crippen LogP contribution in [0.25, 0.3) is 0 Å². The van der Waals surface area contributed by atoms with Gasteiger partial charge in [-0.1, -0.05) is 56.7 Å². The quantitative estimate of drug-likeness (QED) is 0.731. The Morgan fingerprint density at radius 2 is 1.48 bits per heavy atom. The largest absolute Gasteiger partial charge is 0.454 e. The highest BCUT2D eigenvalue weighted by molar-refractivity contribution is 5.56. The third kappa shape index (κ3) is 2.23. The number of hydrogen-bond acceptors (Lipinski definition) is 2. The molecule has 2 radical (unpaired) electrons. The minimum absolute atomic E-state index is 0.0742. The molecular weight excluding hydrogens is 308 g/mol. The Kier molecular flexibility index (Phi) is 3.38. The van der Waals surface area contributed by atoms with Crippen LogP contribution >= 0.6 is 0 Å². The van der Waals surface area contributed by atoms with E-state index in [2.05, 4.69) is 62.4 Å². The normalized spacial score (nSPS) is 27.6. The molecular formula is C23H24O2. The lowest BCUT2D eigenvalue weighted by Gasteiger charge is -2.35. The fourth-order valence-electron chi connectivity index (χ4n) is 5.55. The molecule has 25 heavy (non-hydrogen) atoms. The maximum atomic E-state index is 5.65. The third-order valence-electron chi connectivity index (χ3n) is 6.37. The molecule has 2 fully saturated rings. The average Bonchev–Trinajstić information content (AvgIpc) is 3.29. The first-order valence-electron chi connectivity index (χ1n) is 9.36. The fourth-order valence-corrected chi connectivity index (χ4v) is 5.55. The van der Waals surface area contributed by atoms with Crippen molar-refractivity contribution in [2.45, 2.75) is 33.1 Å². The molecule has 1 heterocycles. The van der Waals surface area contributed by atoms with Crippen LogP contribution in [0, 0.1) is 29.1 Å². The molecule has 2 atom stereocenters. The van der Waals surface area contributed by atoms with Gasteiger partial charge in [0.25, 0.3) is 0 Å². The molecule has 0 amide bonds. The average molecular weight is 332 g/mol. The molecule has 1 aliphatic heterocycles. The Labute approximate surface area is 150 Å². The summed E-state index contributed by atoms with van der Waals surface area (Å²) in [5.74, 6) is 6.32. The van der Waals surface area contributed by atoms with Crippen molar-refractivity contribution in [2.24, 2.45) is 17.3 Å². The lowest BCUT2D eigenvalue weighted by Crippen LogP contribution is -2.26. The maximum absolute atomic E-state index is 5.65. The van der Waals surface area contributed by atoms with Crippen molar-refractivity contribution in [3.05, 3.63) is 71.5 Å². The van der Waals surface area contributed by atoms with Crippen molar-refractivity contribution in [3.63, 3.8) is 0 Å². The number of hydrogen-bond donors (Lipinski definition) is 0. The molecule has 2 nitrogen and oxygen atoms in total. The van der Waals surface area contributed by atoms with E-state index in [0.717, 1.165) is 11.5 Å². The van der Waals surface area contributed by atoms with E-state index in [-0.39, 0.29) is 5.41 Å². The smallest absolute Gasteiger partial charge is 0.231 e. The Hall–Kier alpha value is -1.96. The summed E-state index contributed by atoms with van der Waals surface area (Å²) < 4.78 is 11.2. The van der Waals surface area contributed by atoms with E-state index >= 15 is 0 Å². The topological polar surface area (TPSA) is 18.5 Å². The summed E-state index contributed by atoms with van der Waals surface area (Å²) in [6.45, 7) is 5.16. The van der Waals surface area contributed by atoms with Gasteiger partial charge in [-0.05, 0) is 53.4 Å². The molecule has 0 N–H and O–H groups in total. The van der Waals surface area contributed by atoms with Gasteiger partial charge in [0, 0.05) is 11.8 Å². The zero-order valence-corrected chi connectivity index (χ0v) is 14.9. The second-order valence-corrected chi connectivity index (χ2v) is 8.03. The van der Waals surface area contributed by atoms with Crippen molar-refractivity contribution in [1.82, 2.24) is 0 Å². The molecule has 0 bridgehead atoms. The van der Waals surface area contributed by atoms with Crippen molar-refractivity contribution >= 4 is 0 Å². The Morgan fingerprint density at radius 3 is 2.24 bits per heavy atom. The van der Waals surface area contributed by atoms with E-state index < -0.39 is 0 Å². The summed E-state index contributed by atoms with van der Waals surface area (Å²) in [6, 6.07) is 17.5. The van der Waals surface area contributed by atoms with E-state index in [1.807, 2.05) is 0 Å². The Morgan fingerprint density at radius 1 is 0.800 bits per heavy atom. The SMILES string of the molecule is CC1(C)[C](c2ccccc2)C2CCCC2[C]1c1ccc2c(c1)OCO2. The second kappa shape index (κ2) is 5.52. The molecule has 2 aromatic rings. The second-order valence-electron chi connectivity index (χ2n) is 8.03. The molecule has 2 aliphatic carbocycles. The summed E-state index contributed by atoms with van der Waals surface area (Å²) in [5.41, 5.74) is 2.82. The van der Waals surface area contributed by atoms with Crippen molar-refractivity contribution in [2.75, 3.05) is 6.79 Å². The highest BCUT2D eigenvalue weighted by atomic mass is 16.7. The van der Waals surface area contributed by atoms with Gasteiger partial charge >= 0.3 is 0 Å². The van der Waals surface area contributed by atoms with Crippen LogP contribution < -0.4 is 9.47 Å². The zero-order chi connectivity index (χ0) is 17.0. The lowest BCUT2D eigenvalue weighted by molar-refractivity contribution is 0.174. The standard InChI is InChI=1S/C23H24O2/c1-23(2)21(15-7-4-3-5-8-15)17-9-6-10-18(17)22(23)16-11-12-19-20(13-16)25-14-24-19/h3-5,7-8,11-13,17-18H,6,9-10,14H2,1-2H3. The minimum atomic E-state index is 0.0742. The van der Waals surface area contributed by atoms with Crippen LogP contribution in [0.15, 0.2) is 48.5 Å². The van der Waals surface area contributed by atoms with Gasteiger partial charge in [-0.2, -0.15) is 0 Å². The Bertz CT molecular complexity index is 780. The lowest BCUT2D eigenvalue weighted by atomic mass is 9.68. The van der Waals surface area contributed by atoms with Gasteiger partial charge in [0.2, 0.25) is 6.79 Å². The van der Waals surface area contributed by atoms with E-state index in [1.165, 1.54) is 30.4 Å². The van der Waals surface area contributed by atoms with E-state index in [0.29, 0.717) is 18.6 Å². The summed E-state index contributed by atoms with van der Waals surface area (Å²) in [7, 11) is 0. The predicted molar refractivity (Wildman–Crippen MR) is 98.3 cm³/mol. The van der Waals surface area contributed by atoms with Crippen LogP contribution in [-0.4, -0.2) is 6.79 Å². The summed E-state index contributed by atoms with van der Waals surface area (Å²) >= 11 is 0. The summed E-state index contributed by atoms with van der Waals surface area (Å²) in [6.07, 6.45) is 3.94. The molecule has 0 aromatic heterocycles. The molecule has 3 aliphatic rings. The first-order valence-corrected chi connectivity index (χ1v) is 9.36. The Balaban J connectivity index is 1.60. The van der Waals surface area contributed by atoms with Crippen LogP contribution in [0.5, 0.6) is 11.5 Å². The van der Waals surface area contributed by atoms with E-state index in [4.69, 9.17) is 9.47 Å². The third-order valence-corrected chi connectivity index (χ3v) is 6.37. The van der Waals surface area contributed by atoms with Crippen LogP contribution in [0.4, 0.5) is 0 Å². The first kappa shape index (κ1) is 15.3. The number of rotatable bonds is 2. The van der Waals surface area contributed by atoms with E-state index in [9.17, 15) is 0 Å². The van der Waals surface area contributed by atoms with Gasteiger partial charge in [-0.3, -0.25) is 0 Å². The van der Waals surface area contributed by atoms with Crippen molar-refractivity contribution in [3.8, 4) is 11.5 Å². The fraction of sp³-hybridized carbons (Fsp3) is 0.391. The molecule has 2 aromatic carbocycles. The first-order chi connectivity index (χ1) is 12.2. The molecule has 2 heteroatoms. The number of benzene rings is 2. The van der Waals surface area contributed by atoms with Crippen LogP contribution in [0.1, 0.15) is 44.2 Å². The van der Waals surface area contributed by atoms with Crippen LogP contribution in [-0.2, 0) is 0 Å². The van der Waals surface area contributed by atoms with Gasteiger partial charge in [0.05, 0.1) is 0 Å². The summed E-state index contributed by atoms with van der Waals surface area (Å²) in [5, 5.41) is 0. The predicted octanol–water partition coefficient (Wildman–Crippen LogP) is 5.42. The molecule has 128 valence electrons. The molecule has 2 saturated carbocycles. The van der Waals surface area contributed by atoms with Gasteiger partial charge in [0.15, 0.2) is 11.5 Å². The van der Waals surface area contributed by atoms with Crippen LogP contribution in [0.3, 0.4) is 0 Å². The van der Waals surface area contributed by atoms with Gasteiger partial charge in [-0.15, -0.1) is 0 Å². The summed E-state index contributed by atoms with van der Waals surface area (Å²) in [4.78, 5) is 0. The maximum Gasteiger partial charge on any atom is 0.231 e. The number of fused-ring (bicyclic) bond motifs is 2. The monoisotopic (exact) mass is 332 g/mol. The molecule has 2 unspecified atom stereocenters. The van der Waals surface area contributed by atoms with Crippen LogP contribution in [0.2, 0.25) is 0 Å². The molecule has 0 spiro atoms.